The van der Waals surface area contributed by atoms with Crippen molar-refractivity contribution < 1.29 is 13.9 Å². The Balaban J connectivity index is 1.48. The van der Waals surface area contributed by atoms with Gasteiger partial charge in [-0.05, 0) is 18.2 Å². The van der Waals surface area contributed by atoms with E-state index in [0.717, 1.165) is 11.0 Å². The number of benzene rings is 2. The van der Waals surface area contributed by atoms with Crippen LogP contribution in [-0.2, 0) is 16.1 Å². The van der Waals surface area contributed by atoms with Gasteiger partial charge in [-0.3, -0.25) is 9.20 Å². The maximum Gasteiger partial charge on any atom is 0.237 e. The molecule has 7 nitrogen and oxygen atoms in total. The molecule has 0 spiro atoms. The van der Waals surface area contributed by atoms with Crippen LogP contribution in [0.5, 0.6) is 0 Å². The number of carbonyl (C=O) groups is 1. The molecule has 2 aromatic heterocycles. The zero-order valence-electron chi connectivity index (χ0n) is 16.2. The molecule has 1 amide bonds. The number of carbonyl (C=O) groups excluding carboxylic acids is 1. The lowest BCUT2D eigenvalue weighted by Crippen LogP contribution is -2.41. The lowest BCUT2D eigenvalue weighted by molar-refractivity contribution is -0.132. The number of thioether (sulfide) groups is 1. The molecule has 4 aromatic rings. The van der Waals surface area contributed by atoms with Crippen LogP contribution in [0.2, 0.25) is 0 Å². The molecule has 1 aliphatic heterocycles. The van der Waals surface area contributed by atoms with Gasteiger partial charge in [0.1, 0.15) is 5.82 Å². The molecular formula is C21H20FN5O2S. The summed E-state index contributed by atoms with van der Waals surface area (Å²) in [6, 6.07) is 14.6. The lowest BCUT2D eigenvalue weighted by atomic mass is 10.2. The van der Waals surface area contributed by atoms with Crippen molar-refractivity contribution in [3.8, 4) is 0 Å². The first-order chi connectivity index (χ1) is 14.7. The number of imidazole rings is 1. The van der Waals surface area contributed by atoms with E-state index in [-0.39, 0.29) is 17.5 Å². The maximum atomic E-state index is 14.3. The van der Waals surface area contributed by atoms with Crippen LogP contribution in [0.25, 0.3) is 16.8 Å². The summed E-state index contributed by atoms with van der Waals surface area (Å²) in [7, 11) is 0. The van der Waals surface area contributed by atoms with Crippen molar-refractivity contribution in [3.05, 3.63) is 59.9 Å². The number of fused-ring (bicyclic) bond motifs is 3. The molecule has 5 rings (SSSR count). The number of aromatic nitrogens is 4. The van der Waals surface area contributed by atoms with Crippen molar-refractivity contribution in [1.29, 1.82) is 0 Å². The highest BCUT2D eigenvalue weighted by Gasteiger charge is 2.21. The van der Waals surface area contributed by atoms with E-state index in [1.807, 2.05) is 44.2 Å². The van der Waals surface area contributed by atoms with E-state index in [9.17, 15) is 9.18 Å². The molecule has 0 saturated carbocycles. The molecule has 3 heterocycles. The Kier molecular flexibility index (Phi) is 5.14. The third-order valence-corrected chi connectivity index (χ3v) is 6.16. The fourth-order valence-corrected chi connectivity index (χ4v) is 4.56. The molecule has 9 heteroatoms. The van der Waals surface area contributed by atoms with Gasteiger partial charge in [-0.15, -0.1) is 10.2 Å². The average molecular weight is 425 g/mol. The minimum atomic E-state index is -0.251. The van der Waals surface area contributed by atoms with Gasteiger partial charge in [0, 0.05) is 18.7 Å². The third kappa shape index (κ3) is 3.44. The number of halogens is 1. The second-order valence-corrected chi connectivity index (χ2v) is 8.01. The zero-order valence-corrected chi connectivity index (χ0v) is 17.0. The minimum Gasteiger partial charge on any atom is -0.378 e. The van der Waals surface area contributed by atoms with Gasteiger partial charge in [-0.1, -0.05) is 42.1 Å². The minimum absolute atomic E-state index is 0.0649. The summed E-state index contributed by atoms with van der Waals surface area (Å²) in [5.41, 5.74) is 2.45. The summed E-state index contributed by atoms with van der Waals surface area (Å²) in [5, 5.41) is 9.32. The van der Waals surface area contributed by atoms with Crippen LogP contribution >= 0.6 is 11.8 Å². The predicted molar refractivity (Wildman–Crippen MR) is 112 cm³/mol. The summed E-state index contributed by atoms with van der Waals surface area (Å²) in [4.78, 5) is 14.3. The van der Waals surface area contributed by atoms with Crippen LogP contribution in [0.1, 0.15) is 5.56 Å². The summed E-state index contributed by atoms with van der Waals surface area (Å²) in [6.07, 6.45) is 0. The Bertz CT molecular complexity index is 1210. The Labute approximate surface area is 176 Å². The first kappa shape index (κ1) is 19.1. The second kappa shape index (κ2) is 8.08. The first-order valence-electron chi connectivity index (χ1n) is 9.76. The van der Waals surface area contributed by atoms with Crippen molar-refractivity contribution in [2.75, 3.05) is 32.1 Å². The Morgan fingerprint density at radius 2 is 1.77 bits per heavy atom. The standard InChI is InChI=1S/C21H20FN5O2S/c22-16-6-2-1-5-15(16)13-26-17-7-3-4-8-18(17)27-20(26)23-24-21(27)30-14-19(28)25-9-11-29-12-10-25/h1-8H,9-14H2. The Hall–Kier alpha value is -2.91. The summed E-state index contributed by atoms with van der Waals surface area (Å²) in [6.45, 7) is 2.75. The van der Waals surface area contributed by atoms with Gasteiger partial charge in [-0.25, -0.2) is 4.39 Å². The van der Waals surface area contributed by atoms with Gasteiger partial charge in [-0.2, -0.15) is 0 Å². The normalized spacial score (nSPS) is 14.6. The predicted octanol–water partition coefficient (Wildman–Crippen LogP) is 2.82. The fourth-order valence-electron chi connectivity index (χ4n) is 3.71. The number of morpholine rings is 1. The highest BCUT2D eigenvalue weighted by atomic mass is 32.2. The van der Waals surface area contributed by atoms with Gasteiger partial charge in [0.05, 0.1) is 36.5 Å². The highest BCUT2D eigenvalue weighted by Crippen LogP contribution is 2.27. The number of rotatable bonds is 5. The fraction of sp³-hybridized carbons (Fsp3) is 0.286. The summed E-state index contributed by atoms with van der Waals surface area (Å²) >= 11 is 1.37. The second-order valence-electron chi connectivity index (χ2n) is 7.07. The Morgan fingerprint density at radius 1 is 1.03 bits per heavy atom. The van der Waals surface area contributed by atoms with Crippen LogP contribution in [0.3, 0.4) is 0 Å². The lowest BCUT2D eigenvalue weighted by Gasteiger charge is -2.26. The van der Waals surface area contributed by atoms with Crippen LogP contribution < -0.4 is 0 Å². The average Bonchev–Trinajstić information content (AvgIpc) is 3.33. The van der Waals surface area contributed by atoms with E-state index in [4.69, 9.17) is 4.74 Å². The van der Waals surface area contributed by atoms with E-state index < -0.39 is 0 Å². The SMILES string of the molecule is O=C(CSc1nnc2n(Cc3ccccc3F)c3ccccc3n12)N1CCOCC1. The van der Waals surface area contributed by atoms with Gasteiger partial charge < -0.3 is 14.2 Å². The smallest absolute Gasteiger partial charge is 0.237 e. The number of ether oxygens (including phenoxy) is 1. The van der Waals surface area contributed by atoms with Gasteiger partial charge in [0.15, 0.2) is 5.16 Å². The van der Waals surface area contributed by atoms with Crippen LogP contribution in [0, 0.1) is 5.82 Å². The molecule has 154 valence electrons. The van der Waals surface area contributed by atoms with Crippen molar-refractivity contribution in [1.82, 2.24) is 24.1 Å². The number of amides is 1. The quantitative estimate of drug-likeness (QED) is 0.460. The van der Waals surface area contributed by atoms with E-state index in [0.29, 0.717) is 49.3 Å². The molecule has 1 aliphatic rings. The molecule has 0 unspecified atom stereocenters. The number of hydrogen-bond donors (Lipinski definition) is 0. The van der Waals surface area contributed by atoms with Gasteiger partial charge in [0.2, 0.25) is 11.7 Å². The molecule has 0 radical (unpaired) electrons. The van der Waals surface area contributed by atoms with Gasteiger partial charge in [0.25, 0.3) is 0 Å². The Morgan fingerprint density at radius 3 is 2.57 bits per heavy atom. The molecule has 2 aromatic carbocycles. The maximum absolute atomic E-state index is 14.3. The largest absolute Gasteiger partial charge is 0.378 e. The van der Waals surface area contributed by atoms with Crippen molar-refractivity contribution in [2.24, 2.45) is 0 Å². The van der Waals surface area contributed by atoms with Gasteiger partial charge >= 0.3 is 0 Å². The molecule has 0 bridgehead atoms. The van der Waals surface area contributed by atoms with Crippen molar-refractivity contribution in [3.63, 3.8) is 0 Å². The van der Waals surface area contributed by atoms with E-state index in [2.05, 4.69) is 10.2 Å². The number of para-hydroxylation sites is 2. The molecule has 1 saturated heterocycles. The molecule has 0 atom stereocenters. The molecular weight excluding hydrogens is 405 g/mol. The summed E-state index contributed by atoms with van der Waals surface area (Å²) in [5.74, 6) is 0.725. The van der Waals surface area contributed by atoms with E-state index in [1.165, 1.54) is 17.8 Å². The van der Waals surface area contributed by atoms with Crippen molar-refractivity contribution in [2.45, 2.75) is 11.7 Å². The van der Waals surface area contributed by atoms with E-state index in [1.54, 1.807) is 12.1 Å². The molecule has 0 aliphatic carbocycles. The van der Waals surface area contributed by atoms with E-state index >= 15 is 0 Å². The zero-order chi connectivity index (χ0) is 20.5. The monoisotopic (exact) mass is 425 g/mol. The van der Waals surface area contributed by atoms with Crippen molar-refractivity contribution >= 4 is 34.5 Å². The number of hydrogen-bond acceptors (Lipinski definition) is 5. The molecule has 0 N–H and O–H groups in total. The first-order valence-corrected chi connectivity index (χ1v) is 10.7. The van der Waals surface area contributed by atoms with Crippen LogP contribution in [0.15, 0.2) is 53.7 Å². The third-order valence-electron chi connectivity index (χ3n) is 5.25. The molecule has 1 fully saturated rings. The summed E-state index contributed by atoms with van der Waals surface area (Å²) < 4.78 is 23.5. The highest BCUT2D eigenvalue weighted by molar-refractivity contribution is 7.99. The van der Waals surface area contributed by atoms with Crippen LogP contribution in [0.4, 0.5) is 4.39 Å². The van der Waals surface area contributed by atoms with Crippen LogP contribution in [-0.4, -0.2) is 62.0 Å². The molecule has 30 heavy (non-hydrogen) atoms. The topological polar surface area (TPSA) is 64.7 Å². The number of nitrogens with zero attached hydrogens (tertiary/aromatic N) is 5.